The molecule has 3 aromatic rings. The Bertz CT molecular complexity index is 1540. The number of fused-ring (bicyclic) bond motifs is 3. The van der Waals surface area contributed by atoms with Gasteiger partial charge in [-0.05, 0) is 47.7 Å². The number of hydrogen-bond donors (Lipinski definition) is 1. The third-order valence-electron chi connectivity index (χ3n) is 7.62. The van der Waals surface area contributed by atoms with Crippen LogP contribution < -0.4 is 14.8 Å². The summed E-state index contributed by atoms with van der Waals surface area (Å²) in [7, 11) is 4.83. The highest BCUT2D eigenvalue weighted by atomic mass is 19.4. The number of amides is 2. The largest absolute Gasteiger partial charge is 0.495 e. The number of alkyl halides is 3. The van der Waals surface area contributed by atoms with Crippen molar-refractivity contribution in [3.8, 4) is 17.4 Å². The van der Waals surface area contributed by atoms with Crippen molar-refractivity contribution < 1.29 is 32.2 Å². The van der Waals surface area contributed by atoms with Crippen molar-refractivity contribution >= 4 is 23.5 Å². The average Bonchev–Trinajstić information content (AvgIpc) is 3.66. The molecule has 2 aliphatic heterocycles. The van der Waals surface area contributed by atoms with Gasteiger partial charge in [-0.1, -0.05) is 12.1 Å². The molecule has 1 saturated carbocycles. The van der Waals surface area contributed by atoms with Gasteiger partial charge < -0.3 is 24.6 Å². The summed E-state index contributed by atoms with van der Waals surface area (Å²) in [6.45, 7) is 0.373. The number of nitrogens with one attached hydrogen (secondary N) is 1. The minimum atomic E-state index is -4.80. The third-order valence-corrected chi connectivity index (χ3v) is 7.62. The van der Waals surface area contributed by atoms with Gasteiger partial charge in [-0.3, -0.25) is 9.59 Å². The standard InChI is InChI=1S/C27H24F3N5O4/c1-34-13-15-9-18(20(38-3)10-14(15)11-21(34)36)32-25-31-12-17(27(28,29)30)23(33-25)39-19-6-4-5-16-22(19)24(37)35(2)26(16)7-8-26/h4-6,9-10,12H,7-8,11,13H2,1-3H3,(H,31,32,33). The van der Waals surface area contributed by atoms with Gasteiger partial charge in [-0.15, -0.1) is 0 Å². The van der Waals surface area contributed by atoms with Crippen LogP contribution in [0.15, 0.2) is 36.5 Å². The van der Waals surface area contributed by atoms with Gasteiger partial charge in [-0.2, -0.15) is 18.2 Å². The van der Waals surface area contributed by atoms with E-state index in [4.69, 9.17) is 9.47 Å². The predicted octanol–water partition coefficient (Wildman–Crippen LogP) is 4.63. The van der Waals surface area contributed by atoms with Gasteiger partial charge in [0.05, 0.1) is 30.3 Å². The first-order valence-electron chi connectivity index (χ1n) is 12.3. The van der Waals surface area contributed by atoms with Gasteiger partial charge in [0.1, 0.15) is 17.1 Å². The fourth-order valence-electron chi connectivity index (χ4n) is 5.30. The zero-order valence-corrected chi connectivity index (χ0v) is 21.3. The number of anilines is 2. The lowest BCUT2D eigenvalue weighted by atomic mass is 9.98. The van der Waals surface area contributed by atoms with Crippen LogP contribution in [0.2, 0.25) is 0 Å². The molecule has 202 valence electrons. The third kappa shape index (κ3) is 4.01. The number of methoxy groups -OCH3 is 1. The minimum Gasteiger partial charge on any atom is -0.495 e. The van der Waals surface area contributed by atoms with Gasteiger partial charge in [-0.25, -0.2) is 4.98 Å². The average molecular weight is 540 g/mol. The Kier molecular flexibility index (Phi) is 5.49. The van der Waals surface area contributed by atoms with E-state index in [1.807, 2.05) is 6.07 Å². The van der Waals surface area contributed by atoms with Crippen molar-refractivity contribution in [2.45, 2.75) is 37.5 Å². The van der Waals surface area contributed by atoms with Crippen molar-refractivity contribution in [2.75, 3.05) is 26.5 Å². The molecule has 0 bridgehead atoms. The molecule has 1 aromatic heterocycles. The monoisotopic (exact) mass is 539 g/mol. The van der Waals surface area contributed by atoms with E-state index in [0.717, 1.165) is 29.5 Å². The van der Waals surface area contributed by atoms with Crippen molar-refractivity contribution in [3.63, 3.8) is 0 Å². The van der Waals surface area contributed by atoms with Gasteiger partial charge in [0.2, 0.25) is 17.7 Å². The van der Waals surface area contributed by atoms with Crippen molar-refractivity contribution in [2.24, 2.45) is 0 Å². The number of rotatable bonds is 5. The molecule has 0 saturated heterocycles. The Morgan fingerprint density at radius 1 is 1.08 bits per heavy atom. The molecule has 1 N–H and O–H groups in total. The second-order valence-electron chi connectivity index (χ2n) is 9.96. The summed E-state index contributed by atoms with van der Waals surface area (Å²) in [6.07, 6.45) is -2.37. The van der Waals surface area contributed by atoms with Crippen LogP contribution in [0.5, 0.6) is 17.4 Å². The number of aromatic nitrogens is 2. The number of hydrogen-bond acceptors (Lipinski definition) is 7. The highest BCUT2D eigenvalue weighted by Gasteiger charge is 2.57. The molecule has 1 spiro atoms. The molecular formula is C27H24F3N5O4. The Balaban J connectivity index is 1.38. The summed E-state index contributed by atoms with van der Waals surface area (Å²) in [4.78, 5) is 36.3. The smallest absolute Gasteiger partial charge is 0.423 e. The number of carbonyl (C=O) groups is 2. The molecule has 2 amide bonds. The first kappa shape index (κ1) is 25.0. The summed E-state index contributed by atoms with van der Waals surface area (Å²) in [5, 5.41) is 2.92. The predicted molar refractivity (Wildman–Crippen MR) is 133 cm³/mol. The van der Waals surface area contributed by atoms with Crippen LogP contribution >= 0.6 is 0 Å². The second kappa shape index (κ2) is 8.58. The maximum atomic E-state index is 13.9. The molecule has 3 heterocycles. The quantitative estimate of drug-likeness (QED) is 0.505. The molecule has 1 fully saturated rings. The number of halogens is 3. The molecular weight excluding hydrogens is 515 g/mol. The van der Waals surface area contributed by atoms with E-state index in [1.165, 1.54) is 13.2 Å². The summed E-state index contributed by atoms with van der Waals surface area (Å²) in [5.41, 5.74) is 1.48. The van der Waals surface area contributed by atoms with E-state index in [-0.39, 0.29) is 35.5 Å². The SMILES string of the molecule is COc1cc2c(cc1Nc1ncc(C(F)(F)F)c(Oc3cccc4c3C(=O)N(C)C43CC3)n1)CN(C)C(=O)C2. The highest BCUT2D eigenvalue weighted by Crippen LogP contribution is 2.57. The highest BCUT2D eigenvalue weighted by molar-refractivity contribution is 6.03. The van der Waals surface area contributed by atoms with Crippen LogP contribution in [0.3, 0.4) is 0 Å². The van der Waals surface area contributed by atoms with Crippen molar-refractivity contribution in [1.82, 2.24) is 19.8 Å². The zero-order valence-electron chi connectivity index (χ0n) is 21.3. The number of nitrogens with zero attached hydrogens (tertiary/aromatic N) is 4. The second-order valence-corrected chi connectivity index (χ2v) is 9.96. The number of ether oxygens (including phenoxy) is 2. The molecule has 2 aromatic carbocycles. The van der Waals surface area contributed by atoms with E-state index >= 15 is 0 Å². The van der Waals surface area contributed by atoms with Gasteiger partial charge in [0, 0.05) is 26.8 Å². The Hall–Kier alpha value is -4.35. The van der Waals surface area contributed by atoms with Crippen LogP contribution in [-0.4, -0.2) is 52.8 Å². The molecule has 1 aliphatic carbocycles. The summed E-state index contributed by atoms with van der Waals surface area (Å²) < 4.78 is 53.0. The molecule has 0 unspecified atom stereocenters. The first-order valence-corrected chi connectivity index (χ1v) is 12.3. The van der Waals surface area contributed by atoms with Crippen molar-refractivity contribution in [3.05, 3.63) is 64.3 Å². The van der Waals surface area contributed by atoms with Crippen LogP contribution in [0.1, 0.15) is 45.5 Å². The topological polar surface area (TPSA) is 96.9 Å². The van der Waals surface area contributed by atoms with Gasteiger partial charge in [0.15, 0.2) is 0 Å². The van der Waals surface area contributed by atoms with Crippen LogP contribution in [0.4, 0.5) is 24.8 Å². The fraction of sp³-hybridized carbons (Fsp3) is 0.333. The first-order chi connectivity index (χ1) is 18.5. The molecule has 0 radical (unpaired) electrons. The van der Waals surface area contributed by atoms with E-state index in [1.54, 1.807) is 42.1 Å². The molecule has 12 heteroatoms. The van der Waals surface area contributed by atoms with Crippen LogP contribution in [0, 0.1) is 0 Å². The lowest BCUT2D eigenvalue weighted by Gasteiger charge is -2.26. The number of benzene rings is 2. The summed E-state index contributed by atoms with van der Waals surface area (Å²) in [5.74, 6) is -0.846. The normalized spacial score (nSPS) is 17.3. The molecule has 6 rings (SSSR count). The summed E-state index contributed by atoms with van der Waals surface area (Å²) in [6, 6.07) is 8.40. The minimum absolute atomic E-state index is 0.00217. The van der Waals surface area contributed by atoms with E-state index in [0.29, 0.717) is 24.2 Å². The number of carbonyl (C=O) groups excluding carboxylic acids is 2. The molecule has 39 heavy (non-hydrogen) atoms. The molecule has 9 nitrogen and oxygen atoms in total. The van der Waals surface area contributed by atoms with Crippen LogP contribution in [-0.2, 0) is 29.5 Å². The van der Waals surface area contributed by atoms with Crippen molar-refractivity contribution in [1.29, 1.82) is 0 Å². The fourth-order valence-corrected chi connectivity index (χ4v) is 5.30. The molecule has 0 atom stereocenters. The van der Waals surface area contributed by atoms with E-state index in [2.05, 4.69) is 15.3 Å². The summed E-state index contributed by atoms with van der Waals surface area (Å²) >= 11 is 0. The van der Waals surface area contributed by atoms with Gasteiger partial charge >= 0.3 is 6.18 Å². The maximum absolute atomic E-state index is 13.9. The Morgan fingerprint density at radius 3 is 2.54 bits per heavy atom. The Labute approximate surface area is 221 Å². The zero-order chi connectivity index (χ0) is 27.7. The molecule has 3 aliphatic rings. The van der Waals surface area contributed by atoms with E-state index in [9.17, 15) is 22.8 Å². The van der Waals surface area contributed by atoms with Gasteiger partial charge in [0.25, 0.3) is 5.91 Å². The lowest BCUT2D eigenvalue weighted by Crippen LogP contribution is -2.32. The van der Waals surface area contributed by atoms with E-state index < -0.39 is 23.2 Å². The number of likely N-dealkylation sites (N-methyl/N-ethyl adjacent to an activating group) is 1. The van der Waals surface area contributed by atoms with Crippen LogP contribution in [0.25, 0.3) is 0 Å². The Morgan fingerprint density at radius 2 is 1.85 bits per heavy atom. The maximum Gasteiger partial charge on any atom is 0.423 e. The lowest BCUT2D eigenvalue weighted by molar-refractivity contribution is -0.139.